The SMILES string of the molecule is C[N+]1(Cc2cc(C(N)=O)ccc2N)C2C[CH]CC1CC2. The third-order valence-corrected chi connectivity index (χ3v) is 5.32. The first-order chi connectivity index (χ1) is 9.50. The highest BCUT2D eigenvalue weighted by Gasteiger charge is 2.48. The van der Waals surface area contributed by atoms with Crippen LogP contribution in [0.5, 0.6) is 0 Å². The van der Waals surface area contributed by atoms with Gasteiger partial charge < -0.3 is 16.0 Å². The summed E-state index contributed by atoms with van der Waals surface area (Å²) in [7, 11) is 2.34. The lowest BCUT2D eigenvalue weighted by molar-refractivity contribution is -0.958. The van der Waals surface area contributed by atoms with Crippen LogP contribution < -0.4 is 11.5 Å². The molecular formula is C16H23N3O+. The number of benzene rings is 1. The van der Waals surface area contributed by atoms with E-state index in [-0.39, 0.29) is 5.91 Å². The summed E-state index contributed by atoms with van der Waals surface area (Å²) in [6.07, 6.45) is 7.43. The molecule has 1 aromatic rings. The van der Waals surface area contributed by atoms with Crippen LogP contribution in [0.2, 0.25) is 0 Å². The molecule has 4 N–H and O–H groups in total. The van der Waals surface area contributed by atoms with Gasteiger partial charge in [0.15, 0.2) is 0 Å². The zero-order valence-corrected chi connectivity index (χ0v) is 12.0. The van der Waals surface area contributed by atoms with Crippen molar-refractivity contribution in [3.05, 3.63) is 35.7 Å². The average Bonchev–Trinajstić information content (AvgIpc) is 2.61. The number of amides is 1. The molecule has 2 saturated heterocycles. The van der Waals surface area contributed by atoms with Crippen LogP contribution in [0.25, 0.3) is 0 Å². The highest BCUT2D eigenvalue weighted by Crippen LogP contribution is 2.42. The fourth-order valence-electron chi connectivity index (χ4n) is 3.99. The van der Waals surface area contributed by atoms with Crippen LogP contribution in [0.4, 0.5) is 5.69 Å². The number of hydrogen-bond donors (Lipinski definition) is 2. The lowest BCUT2D eigenvalue weighted by Gasteiger charge is -2.45. The first-order valence-electron chi connectivity index (χ1n) is 7.35. The minimum atomic E-state index is -0.385. The van der Waals surface area contributed by atoms with Crippen molar-refractivity contribution in [3.8, 4) is 0 Å². The van der Waals surface area contributed by atoms with Crippen LogP contribution in [-0.4, -0.2) is 29.5 Å². The van der Waals surface area contributed by atoms with E-state index in [1.165, 1.54) is 25.7 Å². The quantitative estimate of drug-likeness (QED) is 0.652. The van der Waals surface area contributed by atoms with Gasteiger partial charge in [0, 0.05) is 42.5 Å². The van der Waals surface area contributed by atoms with Crippen molar-refractivity contribution in [2.45, 2.75) is 44.3 Å². The maximum Gasteiger partial charge on any atom is 0.248 e. The van der Waals surface area contributed by atoms with E-state index in [4.69, 9.17) is 11.5 Å². The van der Waals surface area contributed by atoms with Crippen LogP contribution in [0, 0.1) is 6.42 Å². The average molecular weight is 273 g/mol. The third-order valence-electron chi connectivity index (χ3n) is 5.32. The van der Waals surface area contributed by atoms with Gasteiger partial charge in [-0.05, 0) is 24.6 Å². The van der Waals surface area contributed by atoms with E-state index in [1.54, 1.807) is 12.1 Å². The Balaban J connectivity index is 1.91. The molecule has 2 aliphatic heterocycles. The van der Waals surface area contributed by atoms with E-state index in [9.17, 15) is 4.79 Å². The van der Waals surface area contributed by atoms with Gasteiger partial charge in [0.2, 0.25) is 5.91 Å². The molecule has 107 valence electrons. The molecule has 2 bridgehead atoms. The number of nitrogens with two attached hydrogens (primary N) is 2. The number of carbonyl (C=O) groups excluding carboxylic acids is 1. The molecular weight excluding hydrogens is 250 g/mol. The summed E-state index contributed by atoms with van der Waals surface area (Å²) in [5.41, 5.74) is 13.9. The normalized spacial score (nSPS) is 32.2. The third kappa shape index (κ3) is 2.08. The molecule has 1 aromatic carbocycles. The van der Waals surface area contributed by atoms with Crippen molar-refractivity contribution in [2.75, 3.05) is 12.8 Å². The summed E-state index contributed by atoms with van der Waals surface area (Å²) >= 11 is 0. The number of fused-ring (bicyclic) bond motifs is 2. The smallest absolute Gasteiger partial charge is 0.248 e. The summed E-state index contributed by atoms with van der Waals surface area (Å²) in [5.74, 6) is -0.385. The van der Waals surface area contributed by atoms with Gasteiger partial charge in [0.25, 0.3) is 0 Å². The van der Waals surface area contributed by atoms with Crippen molar-refractivity contribution in [2.24, 2.45) is 5.73 Å². The number of anilines is 1. The Morgan fingerprint density at radius 3 is 2.55 bits per heavy atom. The van der Waals surface area contributed by atoms with Crippen LogP contribution in [0.3, 0.4) is 0 Å². The van der Waals surface area contributed by atoms with E-state index in [0.29, 0.717) is 17.6 Å². The second-order valence-corrected chi connectivity index (χ2v) is 6.43. The largest absolute Gasteiger partial charge is 0.398 e. The topological polar surface area (TPSA) is 69.1 Å². The van der Waals surface area contributed by atoms with Crippen LogP contribution in [-0.2, 0) is 6.54 Å². The molecule has 0 aliphatic carbocycles. The predicted molar refractivity (Wildman–Crippen MR) is 79.6 cm³/mol. The van der Waals surface area contributed by atoms with Crippen LogP contribution in [0.1, 0.15) is 41.6 Å². The van der Waals surface area contributed by atoms with Crippen molar-refractivity contribution in [1.29, 1.82) is 0 Å². The number of carbonyl (C=O) groups is 1. The number of nitrogens with zero attached hydrogens (tertiary/aromatic N) is 1. The molecule has 2 atom stereocenters. The molecule has 2 fully saturated rings. The molecule has 20 heavy (non-hydrogen) atoms. The molecule has 0 saturated carbocycles. The minimum Gasteiger partial charge on any atom is -0.398 e. The Bertz CT molecular complexity index is 525. The maximum atomic E-state index is 11.3. The monoisotopic (exact) mass is 273 g/mol. The van der Waals surface area contributed by atoms with Crippen molar-refractivity contribution in [1.82, 2.24) is 0 Å². The number of quaternary nitrogens is 1. The predicted octanol–water partition coefficient (Wildman–Crippen LogP) is 1.84. The summed E-state index contributed by atoms with van der Waals surface area (Å²) in [4.78, 5) is 11.3. The zero-order valence-electron chi connectivity index (χ0n) is 12.0. The first-order valence-corrected chi connectivity index (χ1v) is 7.35. The van der Waals surface area contributed by atoms with Gasteiger partial charge >= 0.3 is 0 Å². The van der Waals surface area contributed by atoms with E-state index in [2.05, 4.69) is 13.5 Å². The molecule has 3 rings (SSSR count). The molecule has 2 aliphatic rings. The molecule has 0 spiro atoms. The maximum absolute atomic E-state index is 11.3. The van der Waals surface area contributed by atoms with Gasteiger partial charge in [0.05, 0.1) is 19.1 Å². The minimum absolute atomic E-state index is 0.385. The van der Waals surface area contributed by atoms with E-state index in [0.717, 1.165) is 22.3 Å². The molecule has 2 unspecified atom stereocenters. The summed E-state index contributed by atoms with van der Waals surface area (Å²) < 4.78 is 1.06. The summed E-state index contributed by atoms with van der Waals surface area (Å²) in [6, 6.07) is 6.79. The molecule has 2 heterocycles. The van der Waals surface area contributed by atoms with Gasteiger partial charge in [-0.1, -0.05) is 0 Å². The second-order valence-electron chi connectivity index (χ2n) is 6.43. The lowest BCUT2D eigenvalue weighted by Crippen LogP contribution is -2.55. The van der Waals surface area contributed by atoms with Gasteiger partial charge in [-0.25, -0.2) is 0 Å². The second kappa shape index (κ2) is 4.77. The number of nitrogen functional groups attached to an aromatic ring is 1. The van der Waals surface area contributed by atoms with Gasteiger partial charge in [0.1, 0.15) is 6.54 Å². The van der Waals surface area contributed by atoms with Crippen LogP contribution in [0.15, 0.2) is 18.2 Å². The Kier molecular flexibility index (Phi) is 3.21. The first kappa shape index (κ1) is 13.4. The molecule has 0 aromatic heterocycles. The Hall–Kier alpha value is -1.55. The highest BCUT2D eigenvalue weighted by molar-refractivity contribution is 5.93. The molecule has 4 nitrogen and oxygen atoms in total. The molecule has 1 radical (unpaired) electrons. The lowest BCUT2D eigenvalue weighted by atomic mass is 9.97. The van der Waals surface area contributed by atoms with Gasteiger partial charge in [-0.3, -0.25) is 4.79 Å². The van der Waals surface area contributed by atoms with Gasteiger partial charge in [-0.2, -0.15) is 0 Å². The van der Waals surface area contributed by atoms with Crippen LogP contribution >= 0.6 is 0 Å². The molecule has 4 heteroatoms. The van der Waals surface area contributed by atoms with E-state index in [1.807, 2.05) is 6.07 Å². The van der Waals surface area contributed by atoms with Gasteiger partial charge in [-0.15, -0.1) is 0 Å². The van der Waals surface area contributed by atoms with E-state index < -0.39 is 0 Å². The Morgan fingerprint density at radius 2 is 1.95 bits per heavy atom. The van der Waals surface area contributed by atoms with Crippen molar-refractivity contribution >= 4 is 11.6 Å². The number of primary amides is 1. The zero-order chi connectivity index (χ0) is 14.3. The number of piperidine rings is 1. The fourth-order valence-corrected chi connectivity index (χ4v) is 3.99. The van der Waals surface area contributed by atoms with Crippen molar-refractivity contribution in [3.63, 3.8) is 0 Å². The number of hydrogen-bond acceptors (Lipinski definition) is 2. The summed E-state index contributed by atoms with van der Waals surface area (Å²) in [6.45, 7) is 0.899. The standard InChI is InChI=1S/C16H22N3O/c1-19(13-3-2-4-14(19)7-6-13)10-12-9-11(16(18)20)5-8-15(12)17/h2,5,8-9,13-14H,3-4,6-7,10H2,1H3,(H3-,17,18,20)/p+1. The number of rotatable bonds is 3. The Labute approximate surface area is 120 Å². The highest BCUT2D eigenvalue weighted by atomic mass is 16.1. The Morgan fingerprint density at radius 1 is 1.30 bits per heavy atom. The van der Waals surface area contributed by atoms with Crippen molar-refractivity contribution < 1.29 is 9.28 Å². The fraction of sp³-hybridized carbons (Fsp3) is 0.500. The molecule has 1 amide bonds. The van der Waals surface area contributed by atoms with E-state index >= 15 is 0 Å². The summed E-state index contributed by atoms with van der Waals surface area (Å²) in [5, 5.41) is 0.